The number of benzene rings is 3. The number of methoxy groups -OCH3 is 1. The molecule has 0 amide bonds. The minimum Gasteiger partial charge on any atom is -0.497 e. The lowest BCUT2D eigenvalue weighted by Crippen LogP contribution is -1.98. The van der Waals surface area contributed by atoms with Crippen LogP contribution in [0.25, 0.3) is 11.1 Å². The van der Waals surface area contributed by atoms with Crippen molar-refractivity contribution >= 4 is 0 Å². The molecule has 0 heterocycles. The second-order valence-electron chi connectivity index (χ2n) is 5.58. The highest BCUT2D eigenvalue weighted by Gasteiger charge is 2.06. The number of para-hydroxylation sites is 1. The molecule has 0 spiro atoms. The van der Waals surface area contributed by atoms with Gasteiger partial charge in [0.2, 0.25) is 0 Å². The van der Waals surface area contributed by atoms with Crippen molar-refractivity contribution in [3.8, 4) is 22.6 Å². The molecule has 0 fully saturated rings. The van der Waals surface area contributed by atoms with Crippen LogP contribution < -0.4 is 15.2 Å². The summed E-state index contributed by atoms with van der Waals surface area (Å²) in [5.74, 6) is 1.67. The maximum Gasteiger partial charge on any atom is 0.119 e. The van der Waals surface area contributed by atoms with E-state index in [9.17, 15) is 0 Å². The highest BCUT2D eigenvalue weighted by Crippen LogP contribution is 2.27. The molecule has 122 valence electrons. The fourth-order valence-corrected chi connectivity index (χ4v) is 2.59. The van der Waals surface area contributed by atoms with Gasteiger partial charge in [-0.2, -0.15) is 0 Å². The predicted molar refractivity (Wildman–Crippen MR) is 97.1 cm³/mol. The van der Waals surface area contributed by atoms with Crippen LogP contribution in [0.5, 0.6) is 11.5 Å². The van der Waals surface area contributed by atoms with Crippen LogP contribution in [-0.4, -0.2) is 7.11 Å². The van der Waals surface area contributed by atoms with Crippen LogP contribution in [0.2, 0.25) is 0 Å². The maximum absolute atomic E-state index is 5.85. The van der Waals surface area contributed by atoms with E-state index in [0.29, 0.717) is 13.2 Å². The molecular weight excluding hydrogens is 298 g/mol. The number of hydrogen-bond acceptors (Lipinski definition) is 3. The first kappa shape index (κ1) is 16.1. The summed E-state index contributed by atoms with van der Waals surface area (Å²) in [6, 6.07) is 24.2. The summed E-state index contributed by atoms with van der Waals surface area (Å²) in [4.78, 5) is 0. The van der Waals surface area contributed by atoms with Crippen LogP contribution in [0.3, 0.4) is 0 Å². The molecule has 0 aliphatic carbocycles. The lowest BCUT2D eigenvalue weighted by atomic mass is 10.0. The Balaban J connectivity index is 1.87. The van der Waals surface area contributed by atoms with Crippen molar-refractivity contribution in [3.05, 3.63) is 83.9 Å². The largest absolute Gasteiger partial charge is 0.497 e. The number of nitrogens with two attached hydrogens (primary N) is 1. The summed E-state index contributed by atoms with van der Waals surface area (Å²) in [6.07, 6.45) is 0. The Hall–Kier alpha value is -2.78. The van der Waals surface area contributed by atoms with Crippen LogP contribution >= 0.6 is 0 Å². The molecular formula is C21H21NO2. The number of hydrogen-bond donors (Lipinski definition) is 1. The Morgan fingerprint density at radius 2 is 1.54 bits per heavy atom. The predicted octanol–water partition coefficient (Wildman–Crippen LogP) is 4.40. The molecule has 0 aromatic heterocycles. The molecule has 0 radical (unpaired) electrons. The fraction of sp³-hybridized carbons (Fsp3) is 0.143. The molecule has 24 heavy (non-hydrogen) atoms. The van der Waals surface area contributed by atoms with Crippen LogP contribution in [-0.2, 0) is 13.2 Å². The maximum atomic E-state index is 5.85. The smallest absolute Gasteiger partial charge is 0.119 e. The van der Waals surface area contributed by atoms with E-state index in [4.69, 9.17) is 15.2 Å². The molecule has 3 heteroatoms. The molecule has 3 aromatic carbocycles. The SMILES string of the molecule is COc1cc(COc2ccccc2)cc(-c2cccc(CN)c2)c1. The Morgan fingerprint density at radius 1 is 0.750 bits per heavy atom. The first-order valence-corrected chi connectivity index (χ1v) is 7.93. The van der Waals surface area contributed by atoms with Gasteiger partial charge >= 0.3 is 0 Å². The molecule has 3 rings (SSSR count). The molecule has 0 aliphatic heterocycles. The molecule has 0 saturated carbocycles. The molecule has 2 N–H and O–H groups in total. The Bertz CT molecular complexity index is 800. The van der Waals surface area contributed by atoms with Crippen LogP contribution in [0, 0.1) is 0 Å². The van der Waals surface area contributed by atoms with Crippen molar-refractivity contribution < 1.29 is 9.47 Å². The van der Waals surface area contributed by atoms with E-state index in [0.717, 1.165) is 33.8 Å². The van der Waals surface area contributed by atoms with E-state index in [1.807, 2.05) is 54.6 Å². The third kappa shape index (κ3) is 3.94. The quantitative estimate of drug-likeness (QED) is 0.732. The summed E-state index contributed by atoms with van der Waals surface area (Å²) < 4.78 is 11.3. The van der Waals surface area contributed by atoms with Crippen LogP contribution in [0.1, 0.15) is 11.1 Å². The van der Waals surface area contributed by atoms with Gasteiger partial charge in [-0.15, -0.1) is 0 Å². The highest BCUT2D eigenvalue weighted by molar-refractivity contribution is 5.67. The van der Waals surface area contributed by atoms with E-state index >= 15 is 0 Å². The first-order chi connectivity index (χ1) is 11.8. The molecule has 0 aliphatic rings. The van der Waals surface area contributed by atoms with E-state index in [2.05, 4.69) is 18.2 Å². The average Bonchev–Trinajstić information content (AvgIpc) is 2.67. The summed E-state index contributed by atoms with van der Waals surface area (Å²) in [5, 5.41) is 0. The van der Waals surface area contributed by atoms with Crippen LogP contribution in [0.4, 0.5) is 0 Å². The van der Waals surface area contributed by atoms with Gasteiger partial charge in [-0.25, -0.2) is 0 Å². The number of ether oxygens (including phenoxy) is 2. The van der Waals surface area contributed by atoms with E-state index < -0.39 is 0 Å². The van der Waals surface area contributed by atoms with Crippen molar-refractivity contribution in [2.24, 2.45) is 5.73 Å². The molecule has 3 nitrogen and oxygen atoms in total. The van der Waals surface area contributed by atoms with Gasteiger partial charge in [-0.1, -0.05) is 36.4 Å². The summed E-state index contributed by atoms with van der Waals surface area (Å²) in [6.45, 7) is 1.02. The second kappa shape index (κ2) is 7.66. The molecule has 0 saturated heterocycles. The van der Waals surface area contributed by atoms with Gasteiger partial charge in [0.25, 0.3) is 0 Å². The lowest BCUT2D eigenvalue weighted by molar-refractivity contribution is 0.305. The molecule has 0 unspecified atom stereocenters. The van der Waals surface area contributed by atoms with Crippen molar-refractivity contribution in [1.82, 2.24) is 0 Å². The van der Waals surface area contributed by atoms with Crippen molar-refractivity contribution in [2.45, 2.75) is 13.2 Å². The van der Waals surface area contributed by atoms with Gasteiger partial charge in [-0.05, 0) is 58.7 Å². The third-order valence-electron chi connectivity index (χ3n) is 3.85. The summed E-state index contributed by atoms with van der Waals surface area (Å²) in [7, 11) is 1.68. The number of rotatable bonds is 6. The third-order valence-corrected chi connectivity index (χ3v) is 3.85. The van der Waals surface area contributed by atoms with Crippen molar-refractivity contribution in [3.63, 3.8) is 0 Å². The minimum atomic E-state index is 0.491. The van der Waals surface area contributed by atoms with E-state index in [1.165, 1.54) is 0 Å². The molecule has 3 aromatic rings. The standard InChI is InChI=1S/C21H21NO2/c1-23-21-12-17(15-24-20-8-3-2-4-9-20)11-19(13-21)18-7-5-6-16(10-18)14-22/h2-13H,14-15,22H2,1H3. The summed E-state index contributed by atoms with van der Waals surface area (Å²) in [5.41, 5.74) is 10.1. The monoisotopic (exact) mass is 319 g/mol. The van der Waals surface area contributed by atoms with Gasteiger partial charge in [0, 0.05) is 6.54 Å². The summed E-state index contributed by atoms with van der Waals surface area (Å²) >= 11 is 0. The Morgan fingerprint density at radius 3 is 2.29 bits per heavy atom. The fourth-order valence-electron chi connectivity index (χ4n) is 2.59. The topological polar surface area (TPSA) is 44.5 Å². The zero-order chi connectivity index (χ0) is 16.8. The Labute approximate surface area is 142 Å². The van der Waals surface area contributed by atoms with Crippen molar-refractivity contribution in [1.29, 1.82) is 0 Å². The normalized spacial score (nSPS) is 10.4. The van der Waals surface area contributed by atoms with E-state index in [-0.39, 0.29) is 0 Å². The Kier molecular flexibility index (Phi) is 5.14. The molecule has 0 atom stereocenters. The molecule has 0 bridgehead atoms. The first-order valence-electron chi connectivity index (χ1n) is 7.93. The van der Waals surface area contributed by atoms with Gasteiger partial charge < -0.3 is 15.2 Å². The zero-order valence-electron chi connectivity index (χ0n) is 13.7. The van der Waals surface area contributed by atoms with Crippen LogP contribution in [0.15, 0.2) is 72.8 Å². The zero-order valence-corrected chi connectivity index (χ0v) is 13.7. The van der Waals surface area contributed by atoms with Gasteiger partial charge in [0.15, 0.2) is 0 Å². The van der Waals surface area contributed by atoms with Gasteiger partial charge in [-0.3, -0.25) is 0 Å². The van der Waals surface area contributed by atoms with E-state index in [1.54, 1.807) is 7.11 Å². The average molecular weight is 319 g/mol. The lowest BCUT2D eigenvalue weighted by Gasteiger charge is -2.11. The minimum absolute atomic E-state index is 0.491. The highest BCUT2D eigenvalue weighted by atomic mass is 16.5. The van der Waals surface area contributed by atoms with Gasteiger partial charge in [0.1, 0.15) is 18.1 Å². The van der Waals surface area contributed by atoms with Gasteiger partial charge in [0.05, 0.1) is 7.11 Å². The van der Waals surface area contributed by atoms with Crippen molar-refractivity contribution in [2.75, 3.05) is 7.11 Å². The second-order valence-corrected chi connectivity index (χ2v) is 5.58.